The second-order valence-corrected chi connectivity index (χ2v) is 9.14. The predicted molar refractivity (Wildman–Crippen MR) is 100 cm³/mol. The van der Waals surface area contributed by atoms with E-state index in [0.29, 0.717) is 29.8 Å². The second-order valence-electron chi connectivity index (χ2n) is 8.33. The molecule has 0 spiro atoms. The van der Waals surface area contributed by atoms with Crippen molar-refractivity contribution >= 4 is 28.0 Å². The Bertz CT molecular complexity index is 744. The number of hydrogen-bond acceptors (Lipinski definition) is 5. The number of aromatic nitrogens is 2. The van der Waals surface area contributed by atoms with Crippen molar-refractivity contribution in [3.63, 3.8) is 0 Å². The minimum Gasteiger partial charge on any atom is -0.480 e. The molecule has 0 radical (unpaired) electrons. The largest absolute Gasteiger partial charge is 0.480 e. The SMILES string of the molecule is Cn1cc(Br)nc1C1(OCC(=O)O)CCC2CC1CN2C(=O)OC(C)(C)C. The maximum absolute atomic E-state index is 12.6. The molecule has 3 unspecified atom stereocenters. The van der Waals surface area contributed by atoms with E-state index >= 15 is 0 Å². The number of carbonyl (C=O) groups is 2. The Hall–Kier alpha value is -1.61. The molecule has 0 aromatic carbocycles. The number of aryl methyl sites for hydroxylation is 1. The summed E-state index contributed by atoms with van der Waals surface area (Å²) in [6.45, 7) is 5.60. The first-order chi connectivity index (χ1) is 12.5. The molecule has 150 valence electrons. The molecule has 1 aromatic heterocycles. The van der Waals surface area contributed by atoms with Crippen molar-refractivity contribution < 1.29 is 24.2 Å². The minimum absolute atomic E-state index is 0.0453. The molecule has 2 aliphatic rings. The number of hydrogen-bond donors (Lipinski definition) is 1. The highest BCUT2D eigenvalue weighted by molar-refractivity contribution is 9.10. The highest BCUT2D eigenvalue weighted by Gasteiger charge is 2.55. The van der Waals surface area contributed by atoms with E-state index in [4.69, 9.17) is 9.47 Å². The normalized spacial score (nSPS) is 27.7. The number of nitrogens with zero attached hydrogens (tertiary/aromatic N) is 3. The summed E-state index contributed by atoms with van der Waals surface area (Å²) in [4.78, 5) is 30.1. The summed E-state index contributed by atoms with van der Waals surface area (Å²) in [5.41, 5.74) is -1.40. The third kappa shape index (κ3) is 3.99. The average molecular weight is 444 g/mol. The van der Waals surface area contributed by atoms with Crippen LogP contribution in [0.2, 0.25) is 0 Å². The van der Waals surface area contributed by atoms with Crippen LogP contribution in [-0.2, 0) is 26.9 Å². The quantitative estimate of drug-likeness (QED) is 0.768. The Kier molecular flexibility index (Phi) is 5.28. The predicted octanol–water partition coefficient (Wildman–Crippen LogP) is 2.90. The molecule has 8 nitrogen and oxygen atoms in total. The van der Waals surface area contributed by atoms with Crippen LogP contribution in [0.15, 0.2) is 10.8 Å². The number of aliphatic carboxylic acids is 1. The van der Waals surface area contributed by atoms with Gasteiger partial charge in [0, 0.05) is 31.7 Å². The van der Waals surface area contributed by atoms with E-state index in [1.807, 2.05) is 38.6 Å². The topological polar surface area (TPSA) is 93.9 Å². The van der Waals surface area contributed by atoms with E-state index in [2.05, 4.69) is 20.9 Å². The minimum atomic E-state index is -1.02. The van der Waals surface area contributed by atoms with E-state index in [0.717, 1.165) is 6.42 Å². The highest BCUT2D eigenvalue weighted by Crippen LogP contribution is 2.50. The van der Waals surface area contributed by atoms with E-state index < -0.39 is 23.8 Å². The van der Waals surface area contributed by atoms with Gasteiger partial charge in [0.2, 0.25) is 0 Å². The maximum atomic E-state index is 12.6. The molecule has 2 bridgehead atoms. The molecule has 3 rings (SSSR count). The summed E-state index contributed by atoms with van der Waals surface area (Å²) in [6, 6.07) is 0.0788. The third-order valence-electron chi connectivity index (χ3n) is 5.23. The second kappa shape index (κ2) is 7.09. The molecule has 27 heavy (non-hydrogen) atoms. The number of carbonyl (C=O) groups excluding carboxylic acids is 1. The van der Waals surface area contributed by atoms with Crippen molar-refractivity contribution in [2.75, 3.05) is 13.2 Å². The van der Waals surface area contributed by atoms with Crippen LogP contribution in [0.5, 0.6) is 0 Å². The van der Waals surface area contributed by atoms with Crippen LogP contribution < -0.4 is 0 Å². The first-order valence-electron chi connectivity index (χ1n) is 9.06. The van der Waals surface area contributed by atoms with E-state index in [9.17, 15) is 14.7 Å². The van der Waals surface area contributed by atoms with Crippen LogP contribution in [0, 0.1) is 5.92 Å². The van der Waals surface area contributed by atoms with Gasteiger partial charge in [0.15, 0.2) is 0 Å². The van der Waals surface area contributed by atoms with Crippen LogP contribution in [0.1, 0.15) is 45.9 Å². The number of likely N-dealkylation sites (tertiary alicyclic amines) is 1. The Balaban J connectivity index is 1.90. The van der Waals surface area contributed by atoms with Crippen molar-refractivity contribution in [1.82, 2.24) is 14.5 Å². The summed E-state index contributed by atoms with van der Waals surface area (Å²) in [5, 5.41) is 9.17. The number of carboxylic acids is 1. The first kappa shape index (κ1) is 20.1. The Morgan fingerprint density at radius 1 is 1.44 bits per heavy atom. The molecule has 1 aliphatic heterocycles. The number of fused-ring (bicyclic) bond motifs is 2. The Morgan fingerprint density at radius 2 is 2.15 bits per heavy atom. The Labute approximate surface area is 167 Å². The lowest BCUT2D eigenvalue weighted by Gasteiger charge is -2.40. The molecule has 3 atom stereocenters. The fraction of sp³-hybridized carbons (Fsp3) is 0.722. The van der Waals surface area contributed by atoms with Gasteiger partial charge in [0.1, 0.15) is 28.2 Å². The summed E-state index contributed by atoms with van der Waals surface area (Å²) in [5.74, 6) is -0.381. The monoisotopic (exact) mass is 443 g/mol. The maximum Gasteiger partial charge on any atom is 0.410 e. The lowest BCUT2D eigenvalue weighted by atomic mass is 9.75. The van der Waals surface area contributed by atoms with Gasteiger partial charge < -0.3 is 24.0 Å². The summed E-state index contributed by atoms with van der Waals surface area (Å²) in [7, 11) is 1.87. The molecular formula is C18H26BrN3O5. The zero-order valence-corrected chi connectivity index (χ0v) is 17.7. The summed E-state index contributed by atoms with van der Waals surface area (Å²) in [6.07, 6.45) is 3.55. The van der Waals surface area contributed by atoms with Gasteiger partial charge in [-0.2, -0.15) is 0 Å². The van der Waals surface area contributed by atoms with Crippen molar-refractivity contribution in [3.8, 4) is 0 Å². The van der Waals surface area contributed by atoms with Gasteiger partial charge in [-0.05, 0) is 56.0 Å². The molecule has 1 aromatic rings. The standard InChI is InChI=1S/C18H26BrN3O5/c1-17(2,3)27-16(25)22-8-11-7-12(22)5-6-18(11,26-10-14(23)24)15-20-13(19)9-21(15)4/h9,11-12H,5-8,10H2,1-4H3,(H,23,24). The summed E-state index contributed by atoms with van der Waals surface area (Å²) >= 11 is 3.39. The third-order valence-corrected chi connectivity index (χ3v) is 5.61. The molecule has 1 saturated heterocycles. The molecule has 9 heteroatoms. The molecule has 1 N–H and O–H groups in total. The van der Waals surface area contributed by atoms with Crippen molar-refractivity contribution in [1.29, 1.82) is 0 Å². The first-order valence-corrected chi connectivity index (χ1v) is 9.86. The smallest absolute Gasteiger partial charge is 0.410 e. The molecule has 2 heterocycles. The number of halogens is 1. The van der Waals surface area contributed by atoms with E-state index in [-0.39, 0.29) is 18.1 Å². The average Bonchev–Trinajstić information content (AvgIpc) is 3.07. The number of rotatable bonds is 4. The zero-order chi connectivity index (χ0) is 20.0. The van der Waals surface area contributed by atoms with Gasteiger partial charge in [0.05, 0.1) is 0 Å². The van der Waals surface area contributed by atoms with Crippen LogP contribution in [-0.4, -0.2) is 56.4 Å². The number of amides is 1. The van der Waals surface area contributed by atoms with Gasteiger partial charge in [-0.25, -0.2) is 14.6 Å². The lowest BCUT2D eigenvalue weighted by molar-refractivity contribution is -0.160. The molecule has 1 aliphatic carbocycles. The number of ether oxygens (including phenoxy) is 2. The van der Waals surface area contributed by atoms with Gasteiger partial charge in [-0.3, -0.25) is 0 Å². The molecule has 2 fully saturated rings. The van der Waals surface area contributed by atoms with Crippen molar-refractivity contribution in [3.05, 3.63) is 16.6 Å². The fourth-order valence-corrected chi connectivity index (χ4v) is 4.70. The Morgan fingerprint density at radius 3 is 2.70 bits per heavy atom. The molecule has 1 amide bonds. The van der Waals surface area contributed by atoms with Crippen molar-refractivity contribution in [2.24, 2.45) is 13.0 Å². The lowest BCUT2D eigenvalue weighted by Crippen LogP contribution is -2.44. The fourth-order valence-electron chi connectivity index (χ4n) is 4.22. The molecular weight excluding hydrogens is 418 g/mol. The number of imidazole rings is 1. The van der Waals surface area contributed by atoms with Gasteiger partial charge in [-0.1, -0.05) is 0 Å². The van der Waals surface area contributed by atoms with Gasteiger partial charge in [0.25, 0.3) is 0 Å². The van der Waals surface area contributed by atoms with E-state index in [1.165, 1.54) is 0 Å². The number of carboxylic acid groups (broad SMARTS) is 1. The van der Waals surface area contributed by atoms with Crippen LogP contribution in [0.25, 0.3) is 0 Å². The van der Waals surface area contributed by atoms with Crippen LogP contribution in [0.3, 0.4) is 0 Å². The highest BCUT2D eigenvalue weighted by atomic mass is 79.9. The van der Waals surface area contributed by atoms with Crippen molar-refractivity contribution in [2.45, 2.75) is 57.3 Å². The molecule has 1 saturated carbocycles. The summed E-state index contributed by atoms with van der Waals surface area (Å²) < 4.78 is 14.1. The van der Waals surface area contributed by atoms with Crippen LogP contribution in [0.4, 0.5) is 4.79 Å². The van der Waals surface area contributed by atoms with Gasteiger partial charge >= 0.3 is 12.1 Å². The zero-order valence-electron chi connectivity index (χ0n) is 16.1. The van der Waals surface area contributed by atoms with Gasteiger partial charge in [-0.15, -0.1) is 0 Å². The van der Waals surface area contributed by atoms with E-state index in [1.54, 1.807) is 4.90 Å². The van der Waals surface area contributed by atoms with Crippen LogP contribution >= 0.6 is 15.9 Å².